The summed E-state index contributed by atoms with van der Waals surface area (Å²) in [5.41, 5.74) is 1.30. The quantitative estimate of drug-likeness (QED) is 0.852. The first-order chi connectivity index (χ1) is 8.61. The van der Waals surface area contributed by atoms with E-state index < -0.39 is 0 Å². The molecule has 1 atom stereocenters. The number of thiophene rings is 1. The summed E-state index contributed by atoms with van der Waals surface area (Å²) in [4.78, 5) is 1.45. The van der Waals surface area contributed by atoms with E-state index in [2.05, 4.69) is 25.2 Å². The van der Waals surface area contributed by atoms with E-state index in [0.29, 0.717) is 12.0 Å². The molecule has 100 valence electrons. The molecule has 1 N–H and O–H groups in total. The van der Waals surface area contributed by atoms with E-state index in [1.165, 1.54) is 10.4 Å². The Bertz CT molecular complexity index is 437. The van der Waals surface area contributed by atoms with Crippen LogP contribution in [0.4, 0.5) is 0 Å². The van der Waals surface area contributed by atoms with Crippen molar-refractivity contribution in [2.45, 2.75) is 44.8 Å². The van der Waals surface area contributed by atoms with Crippen LogP contribution < -0.4 is 5.32 Å². The van der Waals surface area contributed by atoms with Crippen molar-refractivity contribution < 1.29 is 4.74 Å². The Kier molecular flexibility index (Phi) is 3.43. The predicted molar refractivity (Wildman–Crippen MR) is 76.5 cm³/mol. The molecule has 18 heavy (non-hydrogen) atoms. The minimum atomic E-state index is -0.0720. The Morgan fingerprint density at radius 1 is 1.44 bits per heavy atom. The minimum absolute atomic E-state index is 0.0720. The van der Waals surface area contributed by atoms with E-state index in [4.69, 9.17) is 16.3 Å². The number of rotatable bonds is 1. The Balaban J connectivity index is 2.01. The van der Waals surface area contributed by atoms with E-state index in [1.807, 2.05) is 0 Å². The molecule has 0 saturated carbocycles. The molecule has 0 radical (unpaired) electrons. The molecule has 1 spiro atoms. The van der Waals surface area contributed by atoms with Crippen LogP contribution in [0.25, 0.3) is 0 Å². The van der Waals surface area contributed by atoms with Gasteiger partial charge in [0.15, 0.2) is 0 Å². The highest BCUT2D eigenvalue weighted by atomic mass is 35.5. The Labute approximate surface area is 118 Å². The second-order valence-electron chi connectivity index (χ2n) is 5.74. The van der Waals surface area contributed by atoms with Crippen molar-refractivity contribution >= 4 is 22.9 Å². The highest BCUT2D eigenvalue weighted by Crippen LogP contribution is 2.47. The third-order valence-corrected chi connectivity index (χ3v) is 5.47. The molecule has 1 aromatic heterocycles. The molecule has 2 nitrogen and oxygen atoms in total. The molecule has 3 rings (SSSR count). The predicted octanol–water partition coefficient (Wildman–Crippen LogP) is 3.58. The number of halogens is 1. The normalized spacial score (nSPS) is 26.6. The van der Waals surface area contributed by atoms with Gasteiger partial charge in [-0.2, -0.15) is 0 Å². The molecule has 1 aromatic rings. The van der Waals surface area contributed by atoms with E-state index in [-0.39, 0.29) is 5.60 Å². The van der Waals surface area contributed by atoms with Gasteiger partial charge < -0.3 is 10.1 Å². The second-order valence-corrected chi connectivity index (χ2v) is 7.50. The van der Waals surface area contributed by atoms with Crippen LogP contribution in [0, 0.1) is 5.92 Å². The summed E-state index contributed by atoms with van der Waals surface area (Å²) in [6, 6.07) is 2.14. The van der Waals surface area contributed by atoms with Crippen molar-refractivity contribution in [1.82, 2.24) is 5.32 Å². The van der Waals surface area contributed by atoms with Crippen LogP contribution in [0.1, 0.15) is 37.1 Å². The summed E-state index contributed by atoms with van der Waals surface area (Å²) in [5, 5.41) is 3.43. The fourth-order valence-electron chi connectivity index (χ4n) is 3.10. The summed E-state index contributed by atoms with van der Waals surface area (Å²) < 4.78 is 7.43. The van der Waals surface area contributed by atoms with E-state index in [9.17, 15) is 0 Å². The van der Waals surface area contributed by atoms with Crippen molar-refractivity contribution in [3.63, 3.8) is 0 Å². The molecule has 0 aromatic carbocycles. The van der Waals surface area contributed by atoms with Gasteiger partial charge in [0, 0.05) is 11.3 Å². The van der Waals surface area contributed by atoms with Crippen LogP contribution in [-0.4, -0.2) is 19.2 Å². The first kappa shape index (κ1) is 12.9. The van der Waals surface area contributed by atoms with Crippen molar-refractivity contribution in [2.75, 3.05) is 13.1 Å². The first-order valence-corrected chi connectivity index (χ1v) is 7.97. The topological polar surface area (TPSA) is 21.3 Å². The first-order valence-electron chi connectivity index (χ1n) is 6.78. The molecule has 0 bridgehead atoms. The van der Waals surface area contributed by atoms with E-state index in [0.717, 1.165) is 36.7 Å². The van der Waals surface area contributed by atoms with Gasteiger partial charge in [-0.3, -0.25) is 0 Å². The maximum absolute atomic E-state index is 6.52. The second kappa shape index (κ2) is 4.78. The maximum Gasteiger partial charge on any atom is 0.0970 e. The van der Waals surface area contributed by atoms with Crippen LogP contribution >= 0.6 is 22.9 Å². The van der Waals surface area contributed by atoms with Crippen molar-refractivity contribution in [3.8, 4) is 0 Å². The lowest BCUT2D eigenvalue weighted by Gasteiger charge is -2.45. The van der Waals surface area contributed by atoms with Gasteiger partial charge in [-0.25, -0.2) is 0 Å². The number of fused-ring (bicyclic) bond motifs is 2. The number of ether oxygens (including phenoxy) is 1. The highest BCUT2D eigenvalue weighted by Gasteiger charge is 2.44. The van der Waals surface area contributed by atoms with Gasteiger partial charge in [-0.15, -0.1) is 11.3 Å². The summed E-state index contributed by atoms with van der Waals surface area (Å²) in [6.07, 6.45) is 3.50. The smallest absolute Gasteiger partial charge is 0.0970 e. The van der Waals surface area contributed by atoms with Crippen LogP contribution in [0.15, 0.2) is 6.07 Å². The summed E-state index contributed by atoms with van der Waals surface area (Å²) >= 11 is 7.97. The average molecular weight is 286 g/mol. The Hall–Kier alpha value is -0.0900. The molecule has 2 aliphatic heterocycles. The highest BCUT2D eigenvalue weighted by molar-refractivity contribution is 7.16. The molecule has 2 aliphatic rings. The standard InChI is InChI=1S/C14H20ClNOS/c1-9(2)11-8-12-10(7-13(15)18-12)14(17-11)3-5-16-6-4-14/h7,9,11,16H,3-6,8H2,1-2H3. The lowest BCUT2D eigenvalue weighted by Crippen LogP contribution is -2.48. The van der Waals surface area contributed by atoms with Gasteiger partial charge >= 0.3 is 0 Å². The molecule has 0 amide bonds. The third kappa shape index (κ3) is 2.11. The molecular weight excluding hydrogens is 266 g/mol. The van der Waals surface area contributed by atoms with Crippen LogP contribution in [-0.2, 0) is 16.8 Å². The lowest BCUT2D eigenvalue weighted by atomic mass is 9.81. The molecular formula is C14H20ClNOS. The zero-order valence-corrected chi connectivity index (χ0v) is 12.5. The Morgan fingerprint density at radius 3 is 2.83 bits per heavy atom. The molecule has 1 saturated heterocycles. The van der Waals surface area contributed by atoms with Gasteiger partial charge in [-0.1, -0.05) is 25.4 Å². The number of hydrogen-bond acceptors (Lipinski definition) is 3. The van der Waals surface area contributed by atoms with Gasteiger partial charge in [0.05, 0.1) is 16.0 Å². The fourth-order valence-corrected chi connectivity index (χ4v) is 4.50. The third-order valence-electron chi connectivity index (χ3n) is 4.19. The van der Waals surface area contributed by atoms with Gasteiger partial charge in [0.2, 0.25) is 0 Å². The number of hydrogen-bond donors (Lipinski definition) is 1. The lowest BCUT2D eigenvalue weighted by molar-refractivity contribution is -0.140. The molecule has 0 aliphatic carbocycles. The van der Waals surface area contributed by atoms with E-state index >= 15 is 0 Å². The van der Waals surface area contributed by atoms with Crippen LogP contribution in [0.3, 0.4) is 0 Å². The molecule has 4 heteroatoms. The zero-order chi connectivity index (χ0) is 12.8. The summed E-state index contributed by atoms with van der Waals surface area (Å²) in [7, 11) is 0. The maximum atomic E-state index is 6.52. The Morgan fingerprint density at radius 2 is 2.17 bits per heavy atom. The van der Waals surface area contributed by atoms with Crippen LogP contribution in [0.5, 0.6) is 0 Å². The van der Waals surface area contributed by atoms with E-state index in [1.54, 1.807) is 11.3 Å². The van der Waals surface area contributed by atoms with Crippen LogP contribution in [0.2, 0.25) is 4.34 Å². The monoisotopic (exact) mass is 285 g/mol. The fraction of sp³-hybridized carbons (Fsp3) is 0.714. The summed E-state index contributed by atoms with van der Waals surface area (Å²) in [5.74, 6) is 0.561. The largest absolute Gasteiger partial charge is 0.366 e. The summed E-state index contributed by atoms with van der Waals surface area (Å²) in [6.45, 7) is 6.58. The average Bonchev–Trinajstić information content (AvgIpc) is 2.72. The van der Waals surface area contributed by atoms with Crippen molar-refractivity contribution in [3.05, 3.63) is 20.8 Å². The molecule has 1 unspecified atom stereocenters. The number of nitrogens with one attached hydrogen (secondary N) is 1. The van der Waals surface area contributed by atoms with Gasteiger partial charge in [-0.05, 0) is 43.5 Å². The molecule has 3 heterocycles. The van der Waals surface area contributed by atoms with Crippen molar-refractivity contribution in [1.29, 1.82) is 0 Å². The van der Waals surface area contributed by atoms with Gasteiger partial charge in [0.1, 0.15) is 0 Å². The SMILES string of the molecule is CC(C)C1Cc2sc(Cl)cc2C2(CCNCC2)O1. The minimum Gasteiger partial charge on any atom is -0.366 e. The zero-order valence-electron chi connectivity index (χ0n) is 11.0. The molecule has 1 fully saturated rings. The number of piperidine rings is 1. The van der Waals surface area contributed by atoms with Gasteiger partial charge in [0.25, 0.3) is 0 Å². The van der Waals surface area contributed by atoms with Crippen molar-refractivity contribution in [2.24, 2.45) is 5.92 Å².